The number of allylic oxidation sites excluding steroid dienone is 3. The Balaban J connectivity index is 1.47. The highest BCUT2D eigenvalue weighted by molar-refractivity contribution is 5.83. The van der Waals surface area contributed by atoms with Crippen molar-refractivity contribution >= 4 is 17.9 Å². The van der Waals surface area contributed by atoms with Crippen molar-refractivity contribution in [2.24, 2.45) is 10.8 Å². The van der Waals surface area contributed by atoms with Gasteiger partial charge >= 0.3 is 17.9 Å². The molecule has 3 aliphatic heterocycles. The maximum atomic E-state index is 13.1. The van der Waals surface area contributed by atoms with Gasteiger partial charge in [0, 0.05) is 30.9 Å². The van der Waals surface area contributed by atoms with Crippen LogP contribution in [0.3, 0.4) is 0 Å². The van der Waals surface area contributed by atoms with Gasteiger partial charge < -0.3 is 28.4 Å². The summed E-state index contributed by atoms with van der Waals surface area (Å²) in [5.74, 6) is -1.33. The van der Waals surface area contributed by atoms with E-state index in [9.17, 15) is 14.4 Å². The van der Waals surface area contributed by atoms with Crippen LogP contribution in [0.25, 0.3) is 0 Å². The summed E-state index contributed by atoms with van der Waals surface area (Å²) in [7, 11) is 0. The molecule has 1 saturated carbocycles. The van der Waals surface area contributed by atoms with Crippen LogP contribution in [0.15, 0.2) is 47.6 Å². The Kier molecular flexibility index (Phi) is 7.85. The van der Waals surface area contributed by atoms with E-state index in [1.54, 1.807) is 25.2 Å². The maximum absolute atomic E-state index is 13.1. The average Bonchev–Trinajstić information content (AvgIpc) is 3.66. The fraction of sp³-hybridized carbons (Fsp3) is 0.645. The van der Waals surface area contributed by atoms with E-state index in [1.165, 1.54) is 24.6 Å². The van der Waals surface area contributed by atoms with Crippen molar-refractivity contribution in [3.63, 3.8) is 0 Å². The molecule has 0 radical (unpaired) electrons. The number of hydrogen-bond donors (Lipinski definition) is 0. The molecule has 5 rings (SSSR count). The topological polar surface area (TPSA) is 110 Å². The first kappa shape index (κ1) is 28.8. The molecule has 9 nitrogen and oxygen atoms in total. The van der Waals surface area contributed by atoms with E-state index in [0.717, 1.165) is 18.4 Å². The van der Waals surface area contributed by atoms with Crippen molar-refractivity contribution in [2.45, 2.75) is 96.4 Å². The maximum Gasteiger partial charge on any atom is 0.331 e. The zero-order valence-corrected chi connectivity index (χ0v) is 24.0. The molecule has 0 aromatic carbocycles. The third kappa shape index (κ3) is 4.97. The summed E-state index contributed by atoms with van der Waals surface area (Å²) in [6.07, 6.45) is 10.5. The van der Waals surface area contributed by atoms with Gasteiger partial charge in [0.2, 0.25) is 0 Å². The van der Waals surface area contributed by atoms with Crippen LogP contribution in [0.5, 0.6) is 0 Å². The van der Waals surface area contributed by atoms with Crippen molar-refractivity contribution in [1.29, 1.82) is 0 Å². The lowest BCUT2D eigenvalue weighted by molar-refractivity contribution is -0.232. The van der Waals surface area contributed by atoms with Crippen molar-refractivity contribution in [3.05, 3.63) is 47.6 Å². The number of carbonyl (C=O) groups is 3. The van der Waals surface area contributed by atoms with E-state index < -0.39 is 52.7 Å². The second-order valence-corrected chi connectivity index (χ2v) is 12.0. The lowest BCUT2D eigenvalue weighted by Gasteiger charge is -2.58. The molecule has 0 aromatic rings. The lowest BCUT2D eigenvalue weighted by atomic mass is 9.51. The van der Waals surface area contributed by atoms with Crippen LogP contribution < -0.4 is 0 Å². The van der Waals surface area contributed by atoms with E-state index >= 15 is 0 Å². The normalized spacial score (nSPS) is 42.6. The highest BCUT2D eigenvalue weighted by atomic mass is 16.6. The summed E-state index contributed by atoms with van der Waals surface area (Å²) < 4.78 is 36.1. The number of rotatable bonds is 2. The fourth-order valence-electron chi connectivity index (χ4n) is 7.17. The molecule has 2 aliphatic carbocycles. The van der Waals surface area contributed by atoms with Crippen LogP contribution in [0.1, 0.15) is 60.3 Å². The summed E-state index contributed by atoms with van der Waals surface area (Å²) in [5, 5.41) is 0. The first-order chi connectivity index (χ1) is 19.0. The number of ether oxygens (including phenoxy) is 6. The molecule has 9 heteroatoms. The van der Waals surface area contributed by atoms with Crippen LogP contribution >= 0.6 is 0 Å². The minimum absolute atomic E-state index is 0.128. The molecule has 0 unspecified atom stereocenters. The number of carbonyl (C=O) groups excluding carboxylic acids is 3. The second kappa shape index (κ2) is 10.9. The smallest absolute Gasteiger partial charge is 0.331 e. The molecule has 0 aromatic heterocycles. The number of epoxide rings is 1. The quantitative estimate of drug-likeness (QED) is 0.216. The van der Waals surface area contributed by atoms with Crippen LogP contribution in [-0.4, -0.2) is 73.8 Å². The predicted octanol–water partition coefficient (Wildman–Crippen LogP) is 3.91. The molecule has 3 heterocycles. The van der Waals surface area contributed by atoms with Crippen LogP contribution in [-0.2, 0) is 42.8 Å². The molecule has 40 heavy (non-hydrogen) atoms. The molecule has 0 amide bonds. The molecule has 3 fully saturated rings. The Morgan fingerprint density at radius 3 is 2.58 bits per heavy atom. The van der Waals surface area contributed by atoms with Gasteiger partial charge in [0.05, 0.1) is 30.8 Å². The highest BCUT2D eigenvalue weighted by Crippen LogP contribution is 2.72. The number of cyclic esters (lactones) is 1. The zero-order chi connectivity index (χ0) is 28.7. The van der Waals surface area contributed by atoms with Crippen molar-refractivity contribution in [3.8, 4) is 0 Å². The monoisotopic (exact) mass is 556 g/mol. The minimum Gasteiger partial charge on any atom is -0.462 e. The molecule has 5 aliphatic rings. The Morgan fingerprint density at radius 1 is 1.07 bits per heavy atom. The van der Waals surface area contributed by atoms with Gasteiger partial charge in [-0.3, -0.25) is 4.79 Å². The number of hydrogen-bond acceptors (Lipinski definition) is 9. The van der Waals surface area contributed by atoms with E-state index in [2.05, 4.69) is 19.9 Å². The van der Waals surface area contributed by atoms with Gasteiger partial charge in [0.1, 0.15) is 30.5 Å². The van der Waals surface area contributed by atoms with Crippen LogP contribution in [0.4, 0.5) is 0 Å². The van der Waals surface area contributed by atoms with E-state index in [1.807, 2.05) is 6.92 Å². The Labute approximate surface area is 235 Å². The summed E-state index contributed by atoms with van der Waals surface area (Å²) in [5.41, 5.74) is 0.234. The highest BCUT2D eigenvalue weighted by Gasteiger charge is 2.83. The largest absolute Gasteiger partial charge is 0.462 e. The van der Waals surface area contributed by atoms with E-state index in [-0.39, 0.29) is 18.8 Å². The van der Waals surface area contributed by atoms with Crippen molar-refractivity contribution < 1.29 is 42.8 Å². The molecule has 2 spiro atoms. The molecule has 2 bridgehead atoms. The van der Waals surface area contributed by atoms with E-state index in [0.29, 0.717) is 26.1 Å². The Hall–Kier alpha value is -2.75. The minimum atomic E-state index is -0.618. The van der Waals surface area contributed by atoms with Gasteiger partial charge in [-0.05, 0) is 40.0 Å². The molecular weight excluding hydrogens is 516 g/mol. The van der Waals surface area contributed by atoms with Gasteiger partial charge in [0.15, 0.2) is 0 Å². The first-order valence-electron chi connectivity index (χ1n) is 14.2. The third-order valence-electron chi connectivity index (χ3n) is 9.58. The van der Waals surface area contributed by atoms with Gasteiger partial charge in [-0.2, -0.15) is 0 Å². The Bertz CT molecular complexity index is 1160. The average molecular weight is 557 g/mol. The summed E-state index contributed by atoms with van der Waals surface area (Å²) in [6, 6.07) is 0. The van der Waals surface area contributed by atoms with Crippen LogP contribution in [0.2, 0.25) is 0 Å². The molecule has 2 saturated heterocycles. The third-order valence-corrected chi connectivity index (χ3v) is 9.58. The lowest BCUT2D eigenvalue weighted by Crippen LogP contribution is -2.66. The summed E-state index contributed by atoms with van der Waals surface area (Å²) >= 11 is 0. The van der Waals surface area contributed by atoms with Crippen molar-refractivity contribution in [2.75, 3.05) is 19.8 Å². The SMILES string of the molecule is CC(=O)O[C@H](C)[C@H]1/C=C/C=CC(=O)O[C@@H]2C[C@H]3O[C@@H]4C=C(C)CC[C@]4(COC(=O)/C=C(\C)CCO1)[C@]2(C)[C@]31CO1. The Morgan fingerprint density at radius 2 is 1.85 bits per heavy atom. The fourth-order valence-corrected chi connectivity index (χ4v) is 7.17. The standard InChI is InChI=1S/C31H40O9/c1-19-10-12-30-17-36-28(34)15-20(2)11-13-35-23(21(3)38-22(4)32)8-6-7-9-27(33)40-24-16-26(39-25(30)14-19)31(18-37-31)29(24,30)5/h6-9,14-15,21,23-26H,10-13,16-18H2,1-5H3/b8-6+,9-7?,20-15+/t21-,23-,24-,25-,26-,29-,30-,31+/m1/s1. The van der Waals surface area contributed by atoms with Gasteiger partial charge in [-0.25, -0.2) is 9.59 Å². The first-order valence-corrected chi connectivity index (χ1v) is 14.2. The van der Waals surface area contributed by atoms with Gasteiger partial charge in [-0.1, -0.05) is 42.4 Å². The molecule has 8 atom stereocenters. The molecule has 0 N–H and O–H groups in total. The van der Waals surface area contributed by atoms with E-state index in [4.69, 9.17) is 28.4 Å². The number of esters is 3. The van der Waals surface area contributed by atoms with Crippen molar-refractivity contribution in [1.82, 2.24) is 0 Å². The molecule has 218 valence electrons. The van der Waals surface area contributed by atoms with Gasteiger partial charge in [0.25, 0.3) is 0 Å². The van der Waals surface area contributed by atoms with Crippen LogP contribution in [0, 0.1) is 10.8 Å². The molecular formula is C31H40O9. The zero-order valence-electron chi connectivity index (χ0n) is 24.0. The summed E-state index contributed by atoms with van der Waals surface area (Å²) in [6.45, 7) is 10.1. The van der Waals surface area contributed by atoms with Gasteiger partial charge in [-0.15, -0.1) is 0 Å². The second-order valence-electron chi connectivity index (χ2n) is 12.0. The summed E-state index contributed by atoms with van der Waals surface area (Å²) in [4.78, 5) is 37.6. The predicted molar refractivity (Wildman–Crippen MR) is 144 cm³/mol.